The molecular formula is C21H18F2N6O. The Labute approximate surface area is 170 Å². The van der Waals surface area contributed by atoms with Crippen LogP contribution in [0.4, 0.5) is 20.3 Å². The maximum Gasteiger partial charge on any atom is 0.201 e. The Hall–Kier alpha value is -3.88. The third-order valence-electron chi connectivity index (χ3n) is 4.72. The molecule has 0 saturated carbocycles. The molecule has 0 aliphatic rings. The summed E-state index contributed by atoms with van der Waals surface area (Å²) in [4.78, 5) is 28.2. The van der Waals surface area contributed by atoms with Gasteiger partial charge in [0.1, 0.15) is 23.6 Å². The first-order chi connectivity index (χ1) is 14.6. The van der Waals surface area contributed by atoms with Crippen molar-refractivity contribution in [1.29, 1.82) is 0 Å². The SMILES string of the molecule is Nc1ccc(F)c(C(=O)c2c[nH]c3ncnc(NCCCc4cccnc4)c23)c1F. The number of benzene rings is 1. The smallest absolute Gasteiger partial charge is 0.201 e. The van der Waals surface area contributed by atoms with Crippen molar-refractivity contribution in [1.82, 2.24) is 19.9 Å². The van der Waals surface area contributed by atoms with Crippen molar-refractivity contribution in [3.8, 4) is 0 Å². The van der Waals surface area contributed by atoms with Crippen molar-refractivity contribution in [2.24, 2.45) is 0 Å². The van der Waals surface area contributed by atoms with Crippen molar-refractivity contribution >= 4 is 28.3 Å². The molecule has 7 nitrogen and oxygen atoms in total. The van der Waals surface area contributed by atoms with Crippen LogP contribution in [0.5, 0.6) is 0 Å². The predicted octanol–water partition coefficient (Wildman–Crippen LogP) is 3.49. The van der Waals surface area contributed by atoms with Gasteiger partial charge in [-0.2, -0.15) is 0 Å². The van der Waals surface area contributed by atoms with E-state index in [2.05, 4.69) is 25.3 Å². The number of hydrogen-bond donors (Lipinski definition) is 3. The molecule has 3 aromatic heterocycles. The number of aromatic nitrogens is 4. The maximum absolute atomic E-state index is 14.4. The number of hydrogen-bond acceptors (Lipinski definition) is 6. The van der Waals surface area contributed by atoms with Gasteiger partial charge in [-0.05, 0) is 36.6 Å². The lowest BCUT2D eigenvalue weighted by Gasteiger charge is -2.09. The first-order valence-corrected chi connectivity index (χ1v) is 9.29. The van der Waals surface area contributed by atoms with Crippen LogP contribution in [-0.2, 0) is 6.42 Å². The van der Waals surface area contributed by atoms with Crippen LogP contribution in [0.25, 0.3) is 11.0 Å². The van der Waals surface area contributed by atoms with Crippen molar-refractivity contribution < 1.29 is 13.6 Å². The summed E-state index contributed by atoms with van der Waals surface area (Å²) in [7, 11) is 0. The first-order valence-electron chi connectivity index (χ1n) is 9.29. The van der Waals surface area contributed by atoms with Gasteiger partial charge in [-0.25, -0.2) is 18.7 Å². The molecule has 30 heavy (non-hydrogen) atoms. The lowest BCUT2D eigenvalue weighted by atomic mass is 10.0. The fourth-order valence-corrected chi connectivity index (χ4v) is 3.23. The number of pyridine rings is 1. The molecule has 0 radical (unpaired) electrons. The lowest BCUT2D eigenvalue weighted by molar-refractivity contribution is 0.103. The van der Waals surface area contributed by atoms with Gasteiger partial charge in [0.05, 0.1) is 22.2 Å². The molecule has 0 unspecified atom stereocenters. The molecule has 3 heterocycles. The number of nitrogen functional groups attached to an aromatic ring is 1. The van der Waals surface area contributed by atoms with Gasteiger partial charge in [-0.1, -0.05) is 6.07 Å². The molecule has 0 saturated heterocycles. The van der Waals surface area contributed by atoms with Crippen molar-refractivity contribution in [3.05, 3.63) is 77.5 Å². The van der Waals surface area contributed by atoms with E-state index < -0.39 is 23.0 Å². The van der Waals surface area contributed by atoms with Crippen LogP contribution >= 0.6 is 0 Å². The highest BCUT2D eigenvalue weighted by atomic mass is 19.1. The Balaban J connectivity index is 1.60. The van der Waals surface area contributed by atoms with Gasteiger partial charge in [0.25, 0.3) is 0 Å². The number of aromatic amines is 1. The molecule has 0 amide bonds. The van der Waals surface area contributed by atoms with Crippen LogP contribution in [0, 0.1) is 11.6 Å². The van der Waals surface area contributed by atoms with Gasteiger partial charge < -0.3 is 16.0 Å². The second-order valence-corrected chi connectivity index (χ2v) is 6.69. The summed E-state index contributed by atoms with van der Waals surface area (Å²) < 4.78 is 28.6. The summed E-state index contributed by atoms with van der Waals surface area (Å²) in [6.45, 7) is 0.570. The lowest BCUT2D eigenvalue weighted by Crippen LogP contribution is -2.11. The monoisotopic (exact) mass is 408 g/mol. The van der Waals surface area contributed by atoms with Gasteiger partial charge in [0.15, 0.2) is 5.82 Å². The maximum atomic E-state index is 14.4. The number of fused-ring (bicyclic) bond motifs is 1. The van der Waals surface area contributed by atoms with Crippen molar-refractivity contribution in [2.75, 3.05) is 17.6 Å². The Morgan fingerprint density at radius 3 is 2.87 bits per heavy atom. The standard InChI is InChI=1S/C21H18F2N6O/c22-14-5-6-15(24)18(23)17(14)19(30)13-10-27-21-16(13)20(28-11-29-21)26-8-2-4-12-3-1-7-25-9-12/h1,3,5-7,9-11H,2,4,8,24H2,(H2,26,27,28,29). The largest absolute Gasteiger partial charge is 0.396 e. The summed E-state index contributed by atoms with van der Waals surface area (Å²) in [6, 6.07) is 5.92. The Morgan fingerprint density at radius 1 is 1.20 bits per heavy atom. The molecule has 9 heteroatoms. The molecular weight excluding hydrogens is 390 g/mol. The van der Waals surface area contributed by atoms with E-state index >= 15 is 0 Å². The fraction of sp³-hybridized carbons (Fsp3) is 0.143. The number of H-pyrrole nitrogens is 1. The Morgan fingerprint density at radius 2 is 2.07 bits per heavy atom. The molecule has 0 spiro atoms. The van der Waals surface area contributed by atoms with Crippen molar-refractivity contribution in [3.63, 3.8) is 0 Å². The minimum Gasteiger partial charge on any atom is -0.396 e. The average molecular weight is 408 g/mol. The number of anilines is 2. The number of ketones is 1. The summed E-state index contributed by atoms with van der Waals surface area (Å²) >= 11 is 0. The summed E-state index contributed by atoms with van der Waals surface area (Å²) in [6.07, 6.45) is 7.84. The van der Waals surface area contributed by atoms with E-state index in [4.69, 9.17) is 5.73 Å². The van der Waals surface area contributed by atoms with Crippen LogP contribution in [0.3, 0.4) is 0 Å². The van der Waals surface area contributed by atoms with E-state index in [-0.39, 0.29) is 11.3 Å². The second-order valence-electron chi connectivity index (χ2n) is 6.69. The summed E-state index contributed by atoms with van der Waals surface area (Å²) in [5.74, 6) is -2.50. The number of carbonyl (C=O) groups excluding carboxylic acids is 1. The van der Waals surface area contributed by atoms with E-state index in [0.29, 0.717) is 23.4 Å². The molecule has 0 aliphatic heterocycles. The minimum atomic E-state index is -1.09. The van der Waals surface area contributed by atoms with Gasteiger partial charge in [0, 0.05) is 25.1 Å². The zero-order valence-corrected chi connectivity index (χ0v) is 15.8. The van der Waals surface area contributed by atoms with Crippen LogP contribution in [0.1, 0.15) is 27.9 Å². The predicted molar refractivity (Wildman–Crippen MR) is 109 cm³/mol. The van der Waals surface area contributed by atoms with E-state index in [0.717, 1.165) is 30.5 Å². The average Bonchev–Trinajstić information content (AvgIpc) is 3.20. The van der Waals surface area contributed by atoms with E-state index in [9.17, 15) is 13.6 Å². The van der Waals surface area contributed by atoms with Gasteiger partial charge >= 0.3 is 0 Å². The van der Waals surface area contributed by atoms with Crippen LogP contribution in [-0.4, -0.2) is 32.3 Å². The zero-order chi connectivity index (χ0) is 21.1. The van der Waals surface area contributed by atoms with Gasteiger partial charge in [-0.3, -0.25) is 9.78 Å². The number of nitrogens with one attached hydrogen (secondary N) is 2. The van der Waals surface area contributed by atoms with Crippen molar-refractivity contribution in [2.45, 2.75) is 12.8 Å². The highest BCUT2D eigenvalue weighted by molar-refractivity contribution is 6.18. The highest BCUT2D eigenvalue weighted by Crippen LogP contribution is 2.28. The van der Waals surface area contributed by atoms with E-state index in [1.807, 2.05) is 12.1 Å². The second kappa shape index (κ2) is 8.24. The summed E-state index contributed by atoms with van der Waals surface area (Å²) in [5.41, 5.74) is 6.05. The number of nitrogens with two attached hydrogens (primary N) is 1. The molecule has 0 atom stereocenters. The Bertz CT molecular complexity index is 1210. The van der Waals surface area contributed by atoms with E-state index in [1.165, 1.54) is 12.5 Å². The van der Waals surface area contributed by atoms with Crippen LogP contribution in [0.15, 0.2) is 49.2 Å². The number of nitrogens with zero attached hydrogens (tertiary/aromatic N) is 3. The first kappa shape index (κ1) is 19.4. The fourth-order valence-electron chi connectivity index (χ4n) is 3.23. The third kappa shape index (κ3) is 3.69. The van der Waals surface area contributed by atoms with Crippen LogP contribution < -0.4 is 11.1 Å². The molecule has 4 rings (SSSR count). The van der Waals surface area contributed by atoms with Crippen LogP contribution in [0.2, 0.25) is 0 Å². The normalized spacial score (nSPS) is 11.0. The number of rotatable bonds is 7. The molecule has 1 aromatic carbocycles. The molecule has 0 fully saturated rings. The number of carbonyl (C=O) groups is 1. The highest BCUT2D eigenvalue weighted by Gasteiger charge is 2.25. The molecule has 0 aliphatic carbocycles. The molecule has 0 bridgehead atoms. The number of halogens is 2. The van der Waals surface area contributed by atoms with E-state index in [1.54, 1.807) is 12.4 Å². The Kier molecular flexibility index (Phi) is 5.34. The quantitative estimate of drug-likeness (QED) is 0.245. The zero-order valence-electron chi connectivity index (χ0n) is 15.8. The molecule has 152 valence electrons. The van der Waals surface area contributed by atoms with Gasteiger partial charge in [-0.15, -0.1) is 0 Å². The molecule has 4 aromatic rings. The minimum absolute atomic E-state index is 0.0590. The molecule has 4 N–H and O–H groups in total. The third-order valence-corrected chi connectivity index (χ3v) is 4.72. The summed E-state index contributed by atoms with van der Waals surface area (Å²) in [5, 5.41) is 3.54. The topological polar surface area (TPSA) is 110 Å². The van der Waals surface area contributed by atoms with Gasteiger partial charge in [0.2, 0.25) is 5.78 Å². The number of aryl methyl sites for hydroxylation is 1.